The van der Waals surface area contributed by atoms with E-state index in [-0.39, 0.29) is 11.2 Å². The normalized spacial score (nSPS) is 34.1. The van der Waals surface area contributed by atoms with Gasteiger partial charge < -0.3 is 9.84 Å². The summed E-state index contributed by atoms with van der Waals surface area (Å²) >= 11 is 0. The summed E-state index contributed by atoms with van der Waals surface area (Å²) in [6, 6.07) is 0.525. The lowest BCUT2D eigenvalue weighted by Gasteiger charge is -2.40. The first-order valence-electron chi connectivity index (χ1n) is 6.89. The van der Waals surface area contributed by atoms with E-state index >= 15 is 0 Å². The molecule has 0 spiro atoms. The first-order valence-corrected chi connectivity index (χ1v) is 6.89. The van der Waals surface area contributed by atoms with E-state index in [1.165, 1.54) is 0 Å². The van der Waals surface area contributed by atoms with Crippen molar-refractivity contribution in [3.8, 4) is 0 Å². The van der Waals surface area contributed by atoms with E-state index < -0.39 is 0 Å². The summed E-state index contributed by atoms with van der Waals surface area (Å²) in [7, 11) is 0. The van der Waals surface area contributed by atoms with Gasteiger partial charge in [0.2, 0.25) is 0 Å². The number of hydrogen-bond donors (Lipinski definition) is 1. The quantitative estimate of drug-likeness (QED) is 0.803. The fraction of sp³-hybridized carbons (Fsp3) is 1.00. The molecule has 2 rings (SSSR count). The van der Waals surface area contributed by atoms with Crippen LogP contribution in [-0.2, 0) is 4.74 Å². The molecule has 3 nitrogen and oxygen atoms in total. The number of likely N-dealkylation sites (tertiary alicyclic amines) is 1. The Morgan fingerprint density at radius 2 is 1.76 bits per heavy atom. The van der Waals surface area contributed by atoms with Gasteiger partial charge in [0.1, 0.15) is 0 Å². The molecule has 0 aromatic carbocycles. The van der Waals surface area contributed by atoms with Gasteiger partial charge in [-0.15, -0.1) is 0 Å². The molecule has 2 aliphatic heterocycles. The van der Waals surface area contributed by atoms with Gasteiger partial charge in [0.25, 0.3) is 0 Å². The number of rotatable bonds is 2. The Morgan fingerprint density at radius 3 is 2.18 bits per heavy atom. The molecule has 2 fully saturated rings. The zero-order chi connectivity index (χ0) is 12.7. The Morgan fingerprint density at radius 1 is 1.18 bits per heavy atom. The molecule has 100 valence electrons. The molecule has 0 aliphatic carbocycles. The van der Waals surface area contributed by atoms with Crippen molar-refractivity contribution in [2.75, 3.05) is 19.7 Å². The van der Waals surface area contributed by atoms with Gasteiger partial charge in [0.05, 0.1) is 11.2 Å². The zero-order valence-electron chi connectivity index (χ0n) is 11.7. The van der Waals surface area contributed by atoms with Gasteiger partial charge in [-0.25, -0.2) is 0 Å². The van der Waals surface area contributed by atoms with Gasteiger partial charge in [-0.2, -0.15) is 0 Å². The smallest absolute Gasteiger partial charge is 0.0789 e. The minimum atomic E-state index is -0.0461. The Bertz CT molecular complexity index is 267. The minimum absolute atomic E-state index is 0.00198. The SMILES string of the molecule is CC1(C)CC(N2CCC(CO)CC2)C(C)(C)O1. The van der Waals surface area contributed by atoms with Crippen molar-refractivity contribution in [2.24, 2.45) is 5.92 Å². The van der Waals surface area contributed by atoms with Gasteiger partial charge in [0, 0.05) is 12.6 Å². The summed E-state index contributed by atoms with van der Waals surface area (Å²) in [5.41, 5.74) is -0.0441. The van der Waals surface area contributed by atoms with Crippen LogP contribution in [0.5, 0.6) is 0 Å². The molecule has 0 aromatic heterocycles. The average molecular weight is 241 g/mol. The predicted molar refractivity (Wildman–Crippen MR) is 69.0 cm³/mol. The monoisotopic (exact) mass is 241 g/mol. The average Bonchev–Trinajstić information content (AvgIpc) is 2.47. The second kappa shape index (κ2) is 4.52. The summed E-state index contributed by atoms with van der Waals surface area (Å²) in [5, 5.41) is 9.19. The lowest BCUT2D eigenvalue weighted by Crippen LogP contribution is -2.49. The summed E-state index contributed by atoms with van der Waals surface area (Å²) in [6.07, 6.45) is 3.37. The third kappa shape index (κ3) is 2.83. The first kappa shape index (κ1) is 13.3. The van der Waals surface area contributed by atoms with Gasteiger partial charge in [-0.1, -0.05) is 0 Å². The van der Waals surface area contributed by atoms with Crippen LogP contribution in [0.1, 0.15) is 47.0 Å². The van der Waals surface area contributed by atoms with Crippen molar-refractivity contribution in [1.29, 1.82) is 0 Å². The van der Waals surface area contributed by atoms with E-state index in [1.54, 1.807) is 0 Å². The van der Waals surface area contributed by atoms with Crippen LogP contribution in [0, 0.1) is 5.92 Å². The Balaban J connectivity index is 1.99. The molecular formula is C14H27NO2. The summed E-state index contributed by atoms with van der Waals surface area (Å²) in [4.78, 5) is 2.57. The molecule has 1 N–H and O–H groups in total. The molecule has 1 unspecified atom stereocenters. The van der Waals surface area contributed by atoms with Crippen molar-refractivity contribution < 1.29 is 9.84 Å². The van der Waals surface area contributed by atoms with Gasteiger partial charge >= 0.3 is 0 Å². The van der Waals surface area contributed by atoms with Crippen molar-refractivity contribution in [3.63, 3.8) is 0 Å². The molecule has 2 saturated heterocycles. The highest BCUT2D eigenvalue weighted by atomic mass is 16.5. The van der Waals surface area contributed by atoms with Crippen LogP contribution in [-0.4, -0.2) is 46.9 Å². The molecule has 3 heteroatoms. The van der Waals surface area contributed by atoms with Crippen LogP contribution < -0.4 is 0 Å². The van der Waals surface area contributed by atoms with Crippen LogP contribution in [0.3, 0.4) is 0 Å². The predicted octanol–water partition coefficient (Wildman–Crippen LogP) is 2.04. The molecule has 2 heterocycles. The van der Waals surface area contributed by atoms with Crippen LogP contribution in [0.4, 0.5) is 0 Å². The van der Waals surface area contributed by atoms with E-state index in [0.29, 0.717) is 18.6 Å². The second-order valence-electron chi connectivity index (χ2n) is 6.85. The third-order valence-electron chi connectivity index (χ3n) is 4.37. The number of nitrogens with zero attached hydrogens (tertiary/aromatic N) is 1. The van der Waals surface area contributed by atoms with Crippen LogP contribution >= 0.6 is 0 Å². The largest absolute Gasteiger partial charge is 0.396 e. The second-order valence-corrected chi connectivity index (χ2v) is 6.85. The zero-order valence-corrected chi connectivity index (χ0v) is 11.7. The topological polar surface area (TPSA) is 32.7 Å². The molecule has 0 amide bonds. The van der Waals surface area contributed by atoms with Gasteiger partial charge in [-0.05, 0) is 66.0 Å². The lowest BCUT2D eigenvalue weighted by atomic mass is 9.89. The molecule has 17 heavy (non-hydrogen) atoms. The fourth-order valence-electron chi connectivity index (χ4n) is 3.55. The first-order chi connectivity index (χ1) is 7.84. The summed E-state index contributed by atoms with van der Waals surface area (Å²) in [5.74, 6) is 0.518. The molecular weight excluding hydrogens is 214 g/mol. The minimum Gasteiger partial charge on any atom is -0.396 e. The molecule has 0 saturated carbocycles. The van der Waals surface area contributed by atoms with Crippen molar-refractivity contribution in [1.82, 2.24) is 4.90 Å². The Hall–Kier alpha value is -0.120. The molecule has 1 atom stereocenters. The van der Waals surface area contributed by atoms with Gasteiger partial charge in [0.15, 0.2) is 0 Å². The number of hydrogen-bond acceptors (Lipinski definition) is 3. The molecule has 0 radical (unpaired) electrons. The number of ether oxygens (including phenoxy) is 1. The highest BCUT2D eigenvalue weighted by Crippen LogP contribution is 2.41. The van der Waals surface area contributed by atoms with E-state index in [2.05, 4.69) is 32.6 Å². The maximum absolute atomic E-state index is 9.19. The van der Waals surface area contributed by atoms with E-state index in [9.17, 15) is 5.11 Å². The van der Waals surface area contributed by atoms with Crippen molar-refractivity contribution >= 4 is 0 Å². The number of aliphatic hydroxyl groups is 1. The van der Waals surface area contributed by atoms with E-state index in [0.717, 1.165) is 32.4 Å². The van der Waals surface area contributed by atoms with Crippen LogP contribution in [0.15, 0.2) is 0 Å². The van der Waals surface area contributed by atoms with E-state index in [1.807, 2.05) is 0 Å². The number of aliphatic hydroxyl groups excluding tert-OH is 1. The molecule has 0 aromatic rings. The maximum atomic E-state index is 9.19. The number of piperidine rings is 1. The standard InChI is InChI=1S/C14H27NO2/c1-13(2)9-12(14(3,4)17-13)15-7-5-11(10-16)6-8-15/h11-12,16H,5-10H2,1-4H3. The Kier molecular flexibility index (Phi) is 3.54. The van der Waals surface area contributed by atoms with Crippen molar-refractivity contribution in [3.05, 3.63) is 0 Å². The maximum Gasteiger partial charge on any atom is 0.0789 e. The summed E-state index contributed by atoms with van der Waals surface area (Å²) in [6.45, 7) is 11.4. The molecule has 2 aliphatic rings. The van der Waals surface area contributed by atoms with Gasteiger partial charge in [-0.3, -0.25) is 4.90 Å². The fourth-order valence-corrected chi connectivity index (χ4v) is 3.55. The van der Waals surface area contributed by atoms with Crippen molar-refractivity contribution in [2.45, 2.75) is 64.2 Å². The van der Waals surface area contributed by atoms with Crippen LogP contribution in [0.25, 0.3) is 0 Å². The molecule has 0 bridgehead atoms. The van der Waals surface area contributed by atoms with Crippen LogP contribution in [0.2, 0.25) is 0 Å². The Labute approximate surface area is 105 Å². The van der Waals surface area contributed by atoms with E-state index in [4.69, 9.17) is 4.74 Å². The summed E-state index contributed by atoms with van der Waals surface area (Å²) < 4.78 is 6.16. The highest BCUT2D eigenvalue weighted by molar-refractivity contribution is 5.00. The lowest BCUT2D eigenvalue weighted by molar-refractivity contribution is -0.0831. The highest BCUT2D eigenvalue weighted by Gasteiger charge is 2.48. The third-order valence-corrected chi connectivity index (χ3v) is 4.37.